The van der Waals surface area contributed by atoms with E-state index in [0.29, 0.717) is 11.3 Å². The Morgan fingerprint density at radius 3 is 2.24 bits per heavy atom. The van der Waals surface area contributed by atoms with E-state index in [2.05, 4.69) is 5.32 Å². The molecule has 21 heavy (non-hydrogen) atoms. The maximum atomic E-state index is 12.2. The molecule has 0 heterocycles. The zero-order valence-electron chi connectivity index (χ0n) is 11.7. The van der Waals surface area contributed by atoms with Gasteiger partial charge in [-0.2, -0.15) is 0 Å². The van der Waals surface area contributed by atoms with Gasteiger partial charge in [0.05, 0.1) is 5.56 Å². The Morgan fingerprint density at radius 2 is 1.67 bits per heavy atom. The van der Waals surface area contributed by atoms with Crippen molar-refractivity contribution >= 4 is 29.3 Å². The Hall–Kier alpha value is -2.27. The van der Waals surface area contributed by atoms with Crippen molar-refractivity contribution in [2.24, 2.45) is 0 Å². The Bertz CT molecular complexity index is 680. The van der Waals surface area contributed by atoms with Gasteiger partial charge in [0.1, 0.15) is 0 Å². The number of carboxylic acids is 1. The summed E-state index contributed by atoms with van der Waals surface area (Å²) in [6.07, 6.45) is 1.97. The first-order valence-electron chi connectivity index (χ1n) is 6.30. The van der Waals surface area contributed by atoms with Crippen molar-refractivity contribution in [3.05, 3.63) is 59.2 Å². The van der Waals surface area contributed by atoms with E-state index >= 15 is 0 Å². The first kappa shape index (κ1) is 15.1. The fraction of sp³-hybridized carbons (Fsp3) is 0.125. The van der Waals surface area contributed by atoms with Gasteiger partial charge in [0.25, 0.3) is 5.91 Å². The number of thioether (sulfide) groups is 1. The molecule has 2 aromatic rings. The fourth-order valence-electron chi connectivity index (χ4n) is 1.83. The van der Waals surface area contributed by atoms with Gasteiger partial charge in [-0.25, -0.2) is 4.79 Å². The number of rotatable bonds is 4. The molecule has 0 spiro atoms. The van der Waals surface area contributed by atoms with Gasteiger partial charge in [-0.05, 0) is 55.1 Å². The number of amides is 1. The van der Waals surface area contributed by atoms with Gasteiger partial charge >= 0.3 is 5.97 Å². The molecule has 2 N–H and O–H groups in total. The molecule has 0 aliphatic carbocycles. The van der Waals surface area contributed by atoms with Gasteiger partial charge in [-0.15, -0.1) is 11.8 Å². The molecule has 0 fully saturated rings. The molecular weight excluding hydrogens is 286 g/mol. The predicted molar refractivity (Wildman–Crippen MR) is 84.3 cm³/mol. The highest BCUT2D eigenvalue weighted by Crippen LogP contribution is 2.19. The lowest BCUT2D eigenvalue weighted by Gasteiger charge is -2.09. The highest BCUT2D eigenvalue weighted by molar-refractivity contribution is 7.98. The summed E-state index contributed by atoms with van der Waals surface area (Å²) in [5, 5.41) is 11.7. The maximum Gasteiger partial charge on any atom is 0.335 e. The van der Waals surface area contributed by atoms with Gasteiger partial charge in [0.15, 0.2) is 0 Å². The van der Waals surface area contributed by atoms with E-state index in [1.165, 1.54) is 12.1 Å². The fourth-order valence-corrected chi connectivity index (χ4v) is 2.23. The van der Waals surface area contributed by atoms with Crippen LogP contribution in [0, 0.1) is 6.92 Å². The van der Waals surface area contributed by atoms with Crippen molar-refractivity contribution in [2.75, 3.05) is 11.6 Å². The zero-order chi connectivity index (χ0) is 15.4. The van der Waals surface area contributed by atoms with E-state index in [0.717, 1.165) is 10.5 Å². The predicted octanol–water partition coefficient (Wildman–Crippen LogP) is 3.67. The van der Waals surface area contributed by atoms with Crippen LogP contribution in [0.3, 0.4) is 0 Å². The maximum absolute atomic E-state index is 12.2. The van der Waals surface area contributed by atoms with Crippen molar-refractivity contribution in [2.45, 2.75) is 11.8 Å². The number of hydrogen-bond donors (Lipinski definition) is 2. The molecule has 5 heteroatoms. The van der Waals surface area contributed by atoms with E-state index < -0.39 is 5.97 Å². The van der Waals surface area contributed by atoms with E-state index in [-0.39, 0.29) is 11.5 Å². The second kappa shape index (κ2) is 6.45. The standard InChI is InChI=1S/C16H15NO3S/c1-10-3-4-12(16(19)20)9-14(10)17-15(18)11-5-7-13(21-2)8-6-11/h3-9H,1-2H3,(H,17,18)(H,19,20). The largest absolute Gasteiger partial charge is 0.478 e. The molecule has 0 aliphatic rings. The molecule has 0 atom stereocenters. The number of aryl methyl sites for hydroxylation is 1. The lowest BCUT2D eigenvalue weighted by atomic mass is 10.1. The van der Waals surface area contributed by atoms with Crippen molar-refractivity contribution in [1.29, 1.82) is 0 Å². The molecule has 0 saturated carbocycles. The van der Waals surface area contributed by atoms with Crippen LogP contribution in [0.1, 0.15) is 26.3 Å². The zero-order valence-corrected chi connectivity index (χ0v) is 12.5. The smallest absolute Gasteiger partial charge is 0.335 e. The van der Waals surface area contributed by atoms with Crippen molar-refractivity contribution in [3.8, 4) is 0 Å². The Morgan fingerprint density at radius 1 is 1.05 bits per heavy atom. The summed E-state index contributed by atoms with van der Waals surface area (Å²) in [6.45, 7) is 1.82. The number of benzene rings is 2. The van der Waals surface area contributed by atoms with Crippen molar-refractivity contribution < 1.29 is 14.7 Å². The van der Waals surface area contributed by atoms with Crippen LogP contribution in [0.5, 0.6) is 0 Å². The van der Waals surface area contributed by atoms with Crippen LogP contribution in [0.2, 0.25) is 0 Å². The molecule has 4 nitrogen and oxygen atoms in total. The summed E-state index contributed by atoms with van der Waals surface area (Å²) in [6, 6.07) is 11.9. The van der Waals surface area contributed by atoms with Gasteiger partial charge < -0.3 is 10.4 Å². The lowest BCUT2D eigenvalue weighted by molar-refractivity contribution is 0.0696. The summed E-state index contributed by atoms with van der Waals surface area (Å²) in [5.74, 6) is -1.27. The molecule has 2 rings (SSSR count). The Labute approximate surface area is 127 Å². The van der Waals surface area contributed by atoms with Crippen LogP contribution >= 0.6 is 11.8 Å². The van der Waals surface area contributed by atoms with Crippen molar-refractivity contribution in [1.82, 2.24) is 0 Å². The van der Waals surface area contributed by atoms with Crippen molar-refractivity contribution in [3.63, 3.8) is 0 Å². The van der Waals surface area contributed by atoms with Gasteiger partial charge in [0.2, 0.25) is 0 Å². The van der Waals surface area contributed by atoms with Gasteiger partial charge in [-0.1, -0.05) is 6.07 Å². The second-order valence-electron chi connectivity index (χ2n) is 4.52. The monoisotopic (exact) mass is 301 g/mol. The molecule has 1 amide bonds. The molecule has 108 valence electrons. The number of carbonyl (C=O) groups is 2. The summed E-state index contributed by atoms with van der Waals surface area (Å²) in [7, 11) is 0. The molecule has 0 radical (unpaired) electrons. The molecule has 0 saturated heterocycles. The third-order valence-electron chi connectivity index (χ3n) is 3.08. The van der Waals surface area contributed by atoms with Crippen LogP contribution in [-0.4, -0.2) is 23.2 Å². The van der Waals surface area contributed by atoms with E-state index in [1.807, 2.05) is 25.3 Å². The summed E-state index contributed by atoms with van der Waals surface area (Å²) >= 11 is 1.60. The topological polar surface area (TPSA) is 66.4 Å². The van der Waals surface area contributed by atoms with E-state index in [1.54, 1.807) is 30.0 Å². The van der Waals surface area contributed by atoms with Crippen LogP contribution < -0.4 is 5.32 Å². The Balaban J connectivity index is 2.22. The Kier molecular flexibility index (Phi) is 4.65. The second-order valence-corrected chi connectivity index (χ2v) is 5.40. The van der Waals surface area contributed by atoms with Gasteiger partial charge in [0, 0.05) is 16.1 Å². The number of hydrogen-bond acceptors (Lipinski definition) is 3. The van der Waals surface area contributed by atoms with E-state index in [9.17, 15) is 9.59 Å². The summed E-state index contributed by atoms with van der Waals surface area (Å²) in [5.41, 5.74) is 2.00. The lowest BCUT2D eigenvalue weighted by Crippen LogP contribution is -2.13. The first-order chi connectivity index (χ1) is 10.0. The highest BCUT2D eigenvalue weighted by Gasteiger charge is 2.10. The molecular formula is C16H15NO3S. The number of anilines is 1. The highest BCUT2D eigenvalue weighted by atomic mass is 32.2. The number of carbonyl (C=O) groups excluding carboxylic acids is 1. The minimum atomic E-state index is -1.02. The molecule has 0 aliphatic heterocycles. The SMILES string of the molecule is CSc1ccc(C(=O)Nc2cc(C(=O)O)ccc2C)cc1. The quantitative estimate of drug-likeness (QED) is 0.846. The third-order valence-corrected chi connectivity index (χ3v) is 3.83. The first-order valence-corrected chi connectivity index (χ1v) is 7.53. The molecule has 0 aromatic heterocycles. The minimum absolute atomic E-state index is 0.147. The third kappa shape index (κ3) is 3.64. The average Bonchev–Trinajstić information content (AvgIpc) is 2.49. The van der Waals surface area contributed by atoms with Crippen LogP contribution in [0.4, 0.5) is 5.69 Å². The molecule has 2 aromatic carbocycles. The molecule has 0 bridgehead atoms. The number of nitrogens with one attached hydrogen (secondary N) is 1. The number of carboxylic acid groups (broad SMARTS) is 1. The van der Waals surface area contributed by atoms with Gasteiger partial charge in [-0.3, -0.25) is 4.79 Å². The summed E-state index contributed by atoms with van der Waals surface area (Å²) in [4.78, 5) is 24.2. The number of aromatic carboxylic acids is 1. The van der Waals surface area contributed by atoms with Crippen LogP contribution in [-0.2, 0) is 0 Å². The van der Waals surface area contributed by atoms with E-state index in [4.69, 9.17) is 5.11 Å². The minimum Gasteiger partial charge on any atom is -0.478 e. The summed E-state index contributed by atoms with van der Waals surface area (Å²) < 4.78 is 0. The normalized spacial score (nSPS) is 10.2. The van der Waals surface area contributed by atoms with Crippen LogP contribution in [0.15, 0.2) is 47.4 Å². The average molecular weight is 301 g/mol. The van der Waals surface area contributed by atoms with Crippen LogP contribution in [0.25, 0.3) is 0 Å². The molecule has 0 unspecified atom stereocenters.